The van der Waals surface area contributed by atoms with Crippen LogP contribution in [-0.2, 0) is 9.59 Å². The number of amidine groups is 1. The lowest BCUT2D eigenvalue weighted by atomic mass is 10.1. The summed E-state index contributed by atoms with van der Waals surface area (Å²) in [6.45, 7) is 1.80. The number of methoxy groups -OCH3 is 1. The van der Waals surface area contributed by atoms with Gasteiger partial charge in [0.05, 0.1) is 23.5 Å². The Bertz CT molecular complexity index is 1030. The molecule has 0 aliphatic carbocycles. The number of hydrogen-bond acceptors (Lipinski definition) is 6. The molecule has 0 saturated carbocycles. The lowest BCUT2D eigenvalue weighted by Crippen LogP contribution is -2.41. The molecular formula is C20H18Cl2N4O3S. The van der Waals surface area contributed by atoms with E-state index in [9.17, 15) is 9.59 Å². The number of halogens is 2. The van der Waals surface area contributed by atoms with Gasteiger partial charge in [0.15, 0.2) is 5.17 Å². The van der Waals surface area contributed by atoms with Crippen molar-refractivity contribution in [1.82, 2.24) is 5.32 Å². The molecule has 1 aliphatic heterocycles. The predicted molar refractivity (Wildman–Crippen MR) is 122 cm³/mol. The first-order valence-corrected chi connectivity index (χ1v) is 10.5. The van der Waals surface area contributed by atoms with Crippen molar-refractivity contribution in [2.24, 2.45) is 10.2 Å². The topological polar surface area (TPSA) is 92.2 Å². The number of hydrogen-bond donors (Lipinski definition) is 2. The molecule has 0 radical (unpaired) electrons. The van der Waals surface area contributed by atoms with Gasteiger partial charge in [-0.05, 0) is 55.0 Å². The van der Waals surface area contributed by atoms with E-state index in [1.807, 2.05) is 24.3 Å². The van der Waals surface area contributed by atoms with Crippen molar-refractivity contribution >= 4 is 63.3 Å². The van der Waals surface area contributed by atoms with Gasteiger partial charge in [-0.25, -0.2) is 0 Å². The Kier molecular flexibility index (Phi) is 7.36. The molecule has 1 aliphatic rings. The van der Waals surface area contributed by atoms with Crippen molar-refractivity contribution in [3.63, 3.8) is 0 Å². The van der Waals surface area contributed by atoms with Crippen LogP contribution in [0.4, 0.5) is 5.69 Å². The van der Waals surface area contributed by atoms with Gasteiger partial charge in [-0.15, -0.1) is 5.10 Å². The largest absolute Gasteiger partial charge is 0.497 e. The van der Waals surface area contributed by atoms with Crippen LogP contribution in [0.3, 0.4) is 0 Å². The summed E-state index contributed by atoms with van der Waals surface area (Å²) in [5, 5.41) is 14.0. The van der Waals surface area contributed by atoms with Gasteiger partial charge in [0.25, 0.3) is 0 Å². The molecule has 2 aromatic rings. The first-order valence-electron chi connectivity index (χ1n) is 8.85. The summed E-state index contributed by atoms with van der Waals surface area (Å²) in [5.41, 5.74) is 1.89. The Hall–Kier alpha value is -2.55. The fourth-order valence-electron chi connectivity index (χ4n) is 2.56. The van der Waals surface area contributed by atoms with Crippen molar-refractivity contribution in [1.29, 1.82) is 0 Å². The summed E-state index contributed by atoms with van der Waals surface area (Å²) in [6, 6.07) is 12.1. The number of amides is 2. The van der Waals surface area contributed by atoms with E-state index < -0.39 is 5.25 Å². The zero-order valence-corrected chi connectivity index (χ0v) is 18.4. The fraction of sp³-hybridized carbons (Fsp3) is 0.200. The number of carbonyl (C=O) groups is 2. The standard InChI is InChI=1S/C20H18Cl2N4O3S/c1-11(12-3-6-14(29-2)7-4-12)25-26-20-24-18(27)10-17(30-20)19(28)23-16-9-13(21)5-8-15(16)22/h3-9,17H,10H2,1-2H3,(H,23,28)(H,24,26,27)/b25-11-/t17-/m1/s1. The third-order valence-electron chi connectivity index (χ3n) is 4.15. The average Bonchev–Trinajstić information content (AvgIpc) is 2.74. The molecule has 1 fully saturated rings. The van der Waals surface area contributed by atoms with Crippen molar-refractivity contribution in [3.05, 3.63) is 58.1 Å². The van der Waals surface area contributed by atoms with Crippen molar-refractivity contribution < 1.29 is 14.3 Å². The summed E-state index contributed by atoms with van der Waals surface area (Å²) in [6.07, 6.45) is 0.00881. The van der Waals surface area contributed by atoms with Gasteiger partial charge in [0, 0.05) is 11.4 Å². The van der Waals surface area contributed by atoms with E-state index in [4.69, 9.17) is 27.9 Å². The SMILES string of the molecule is COc1ccc(/C(C)=N\N=C2/NC(=O)C[C@H](C(=O)Nc3cc(Cl)ccc3Cl)S2)cc1. The summed E-state index contributed by atoms with van der Waals surface area (Å²) < 4.78 is 5.13. The summed E-state index contributed by atoms with van der Waals surface area (Å²) in [4.78, 5) is 24.7. The van der Waals surface area contributed by atoms with Gasteiger partial charge in [0.2, 0.25) is 11.8 Å². The van der Waals surface area contributed by atoms with Gasteiger partial charge >= 0.3 is 0 Å². The number of nitrogens with one attached hydrogen (secondary N) is 2. The average molecular weight is 465 g/mol. The third kappa shape index (κ3) is 5.75. The monoisotopic (exact) mass is 464 g/mol. The summed E-state index contributed by atoms with van der Waals surface area (Å²) in [7, 11) is 1.60. The van der Waals surface area contributed by atoms with E-state index in [1.54, 1.807) is 32.2 Å². The molecule has 0 spiro atoms. The minimum atomic E-state index is -0.677. The van der Waals surface area contributed by atoms with Crippen LogP contribution in [0.25, 0.3) is 0 Å². The smallest absolute Gasteiger partial charge is 0.238 e. The molecule has 2 aromatic carbocycles. The van der Waals surface area contributed by atoms with Crippen molar-refractivity contribution in [3.8, 4) is 5.75 Å². The molecule has 10 heteroatoms. The Morgan fingerprint density at radius 2 is 1.97 bits per heavy atom. The number of carbonyl (C=O) groups excluding carboxylic acids is 2. The predicted octanol–water partition coefficient (Wildman–Crippen LogP) is 4.34. The highest BCUT2D eigenvalue weighted by Gasteiger charge is 2.30. The number of ether oxygens (including phenoxy) is 1. The van der Waals surface area contributed by atoms with E-state index in [0.717, 1.165) is 23.1 Å². The second-order valence-electron chi connectivity index (χ2n) is 6.29. The first-order chi connectivity index (χ1) is 14.4. The molecule has 156 valence electrons. The lowest BCUT2D eigenvalue weighted by molar-refractivity contribution is -0.123. The fourth-order valence-corrected chi connectivity index (χ4v) is 3.82. The van der Waals surface area contributed by atoms with Gasteiger partial charge in [-0.3, -0.25) is 9.59 Å². The minimum Gasteiger partial charge on any atom is -0.497 e. The number of rotatable bonds is 5. The van der Waals surface area contributed by atoms with Crippen molar-refractivity contribution in [2.45, 2.75) is 18.6 Å². The number of nitrogens with zero attached hydrogens (tertiary/aromatic N) is 2. The van der Waals surface area contributed by atoms with Crippen LogP contribution >= 0.6 is 35.0 Å². The Morgan fingerprint density at radius 1 is 1.23 bits per heavy atom. The van der Waals surface area contributed by atoms with E-state index in [2.05, 4.69) is 20.8 Å². The zero-order valence-electron chi connectivity index (χ0n) is 16.1. The minimum absolute atomic E-state index is 0.00881. The molecule has 7 nitrogen and oxygen atoms in total. The molecule has 2 amide bonds. The van der Waals surface area contributed by atoms with Crippen LogP contribution in [0.5, 0.6) is 5.75 Å². The van der Waals surface area contributed by atoms with E-state index in [-0.39, 0.29) is 23.4 Å². The Labute approximate surface area is 187 Å². The normalized spacial score (nSPS) is 18.1. The van der Waals surface area contributed by atoms with Gasteiger partial charge < -0.3 is 15.4 Å². The second kappa shape index (κ2) is 9.97. The molecule has 0 aromatic heterocycles. The second-order valence-corrected chi connectivity index (χ2v) is 8.33. The highest BCUT2D eigenvalue weighted by atomic mass is 35.5. The van der Waals surface area contributed by atoms with E-state index in [1.165, 1.54) is 0 Å². The molecule has 3 rings (SSSR count). The molecule has 1 heterocycles. The maximum atomic E-state index is 12.6. The first kappa shape index (κ1) is 22.1. The van der Waals surface area contributed by atoms with Gasteiger partial charge in [0.1, 0.15) is 11.0 Å². The maximum absolute atomic E-state index is 12.6. The highest BCUT2D eigenvalue weighted by Crippen LogP contribution is 2.28. The Morgan fingerprint density at radius 3 is 2.67 bits per heavy atom. The molecule has 2 N–H and O–H groups in total. The van der Waals surface area contributed by atoms with Crippen LogP contribution in [0.1, 0.15) is 18.9 Å². The quantitative estimate of drug-likeness (QED) is 0.508. The summed E-state index contributed by atoms with van der Waals surface area (Å²) in [5.74, 6) is 0.0475. The molecule has 1 atom stereocenters. The maximum Gasteiger partial charge on any atom is 0.238 e. The Balaban J connectivity index is 1.71. The zero-order chi connectivity index (χ0) is 21.7. The number of thioether (sulfide) groups is 1. The molecule has 0 bridgehead atoms. The number of benzene rings is 2. The highest BCUT2D eigenvalue weighted by molar-refractivity contribution is 8.15. The van der Waals surface area contributed by atoms with Crippen LogP contribution in [0, 0.1) is 0 Å². The molecule has 0 unspecified atom stereocenters. The van der Waals surface area contributed by atoms with E-state index >= 15 is 0 Å². The van der Waals surface area contributed by atoms with Crippen LogP contribution in [-0.4, -0.2) is 35.1 Å². The van der Waals surface area contributed by atoms with Gasteiger partial charge in [-0.2, -0.15) is 5.10 Å². The van der Waals surface area contributed by atoms with E-state index in [0.29, 0.717) is 21.4 Å². The van der Waals surface area contributed by atoms with Gasteiger partial charge in [-0.1, -0.05) is 35.0 Å². The lowest BCUT2D eigenvalue weighted by Gasteiger charge is -2.21. The molecular weight excluding hydrogens is 447 g/mol. The molecule has 1 saturated heterocycles. The number of anilines is 1. The molecule has 30 heavy (non-hydrogen) atoms. The van der Waals surface area contributed by atoms with Crippen LogP contribution in [0.15, 0.2) is 52.7 Å². The van der Waals surface area contributed by atoms with Crippen molar-refractivity contribution in [2.75, 3.05) is 12.4 Å². The van der Waals surface area contributed by atoms with Crippen LogP contribution < -0.4 is 15.4 Å². The van der Waals surface area contributed by atoms with Crippen LogP contribution in [0.2, 0.25) is 10.0 Å². The summed E-state index contributed by atoms with van der Waals surface area (Å²) >= 11 is 13.2. The third-order valence-corrected chi connectivity index (χ3v) is 5.79.